The molecule has 1 aromatic heterocycles. The molecule has 7 nitrogen and oxygen atoms in total. The average molecular weight is 563 g/mol. The number of hydrogen-bond donors (Lipinski definition) is 1. The molecule has 7 rings (SSSR count). The lowest BCUT2D eigenvalue weighted by Crippen LogP contribution is -2.71. The van der Waals surface area contributed by atoms with Crippen molar-refractivity contribution in [2.75, 3.05) is 24.8 Å². The summed E-state index contributed by atoms with van der Waals surface area (Å²) in [6.45, 7) is 1.74. The molecule has 1 spiro atoms. The van der Waals surface area contributed by atoms with Crippen LogP contribution in [0.4, 0.5) is 8.78 Å². The van der Waals surface area contributed by atoms with Gasteiger partial charge in [-0.3, -0.25) is 19.3 Å². The van der Waals surface area contributed by atoms with E-state index in [9.17, 15) is 19.1 Å². The quantitative estimate of drug-likeness (QED) is 0.459. The monoisotopic (exact) mass is 563 g/mol. The fourth-order valence-corrected chi connectivity index (χ4v) is 8.41. The average Bonchev–Trinajstić information content (AvgIpc) is 3.08. The maximum absolute atomic E-state index is 15.5. The number of rotatable bonds is 1. The molecular weight excluding hydrogens is 535 g/mol. The van der Waals surface area contributed by atoms with Crippen LogP contribution in [0.25, 0.3) is 0 Å². The van der Waals surface area contributed by atoms with Crippen LogP contribution in [0.1, 0.15) is 52.9 Å². The lowest BCUT2D eigenvalue weighted by Gasteiger charge is -2.59. The maximum atomic E-state index is 15.5. The molecule has 2 aromatic carbocycles. The van der Waals surface area contributed by atoms with Crippen molar-refractivity contribution in [3.05, 3.63) is 92.9 Å². The number of amides is 1. The molecule has 3 aromatic rings. The van der Waals surface area contributed by atoms with Gasteiger partial charge < -0.3 is 14.7 Å². The van der Waals surface area contributed by atoms with E-state index in [1.165, 1.54) is 24.0 Å². The molecule has 4 aliphatic heterocycles. The minimum atomic E-state index is -1.10. The van der Waals surface area contributed by atoms with Crippen LogP contribution >= 0.6 is 11.8 Å². The van der Waals surface area contributed by atoms with Crippen molar-refractivity contribution in [2.24, 2.45) is 5.41 Å². The molecule has 2 saturated heterocycles. The van der Waals surface area contributed by atoms with Gasteiger partial charge in [0.1, 0.15) is 14.0 Å². The van der Waals surface area contributed by atoms with Crippen molar-refractivity contribution < 1.29 is 23.4 Å². The molecule has 1 amide bonds. The van der Waals surface area contributed by atoms with Crippen LogP contribution in [-0.2, 0) is 15.9 Å². The minimum Gasteiger partial charge on any atom is -0.502 e. The van der Waals surface area contributed by atoms with E-state index in [4.69, 9.17) is 4.74 Å². The smallest absolute Gasteiger partial charge is 0.278 e. The molecular formula is C29H28BF2N3O4S. The van der Waals surface area contributed by atoms with Gasteiger partial charge in [-0.05, 0) is 54.4 Å². The van der Waals surface area contributed by atoms with Crippen molar-refractivity contribution in [3.8, 4) is 5.75 Å². The highest BCUT2D eigenvalue weighted by atomic mass is 32.2. The van der Waals surface area contributed by atoms with Gasteiger partial charge in [0.15, 0.2) is 23.1 Å². The van der Waals surface area contributed by atoms with Crippen molar-refractivity contribution in [2.45, 2.75) is 47.9 Å². The van der Waals surface area contributed by atoms with Crippen molar-refractivity contribution in [1.82, 2.24) is 9.58 Å². The Balaban J connectivity index is 1.54. The zero-order valence-corrected chi connectivity index (χ0v) is 22.8. The van der Waals surface area contributed by atoms with E-state index < -0.39 is 40.3 Å². The number of carbonyl (C=O) groups excluding carboxylic acids is 1. The summed E-state index contributed by atoms with van der Waals surface area (Å²) in [5, 5.41) is 12.9. The van der Waals surface area contributed by atoms with Crippen LogP contribution in [0.15, 0.2) is 58.4 Å². The summed E-state index contributed by atoms with van der Waals surface area (Å²) in [6, 6.07) is 11.8. The zero-order valence-electron chi connectivity index (χ0n) is 22.0. The summed E-state index contributed by atoms with van der Waals surface area (Å²) in [6.07, 6.45) is 4.18. The molecule has 4 aliphatic rings. The number of benzene rings is 2. The Hall–Kier alpha value is -3.31. The Labute approximate surface area is 235 Å². The number of thioether (sulfide) groups is 1. The number of piperidine rings is 1. The lowest BCUT2D eigenvalue weighted by atomic mass is 9.64. The van der Waals surface area contributed by atoms with Crippen molar-refractivity contribution in [3.63, 3.8) is 0 Å². The van der Waals surface area contributed by atoms with E-state index in [-0.39, 0.29) is 22.4 Å². The molecule has 206 valence electrons. The number of aromatic nitrogens is 1. The zero-order chi connectivity index (χ0) is 27.8. The van der Waals surface area contributed by atoms with Crippen LogP contribution in [0.3, 0.4) is 0 Å². The second-order valence-corrected chi connectivity index (χ2v) is 12.4. The highest BCUT2D eigenvalue weighted by Gasteiger charge is 2.54. The first-order chi connectivity index (χ1) is 19.2. The normalized spacial score (nSPS) is 25.1. The number of pyridine rings is 1. The fourth-order valence-electron chi connectivity index (χ4n) is 7.24. The van der Waals surface area contributed by atoms with Crippen molar-refractivity contribution >= 4 is 25.5 Å². The highest BCUT2D eigenvalue weighted by molar-refractivity contribution is 7.98. The first kappa shape index (κ1) is 25.6. The van der Waals surface area contributed by atoms with Gasteiger partial charge in [0.25, 0.3) is 5.91 Å². The van der Waals surface area contributed by atoms with Gasteiger partial charge in [-0.1, -0.05) is 24.3 Å². The van der Waals surface area contributed by atoms with E-state index in [0.717, 1.165) is 35.8 Å². The predicted octanol–water partition coefficient (Wildman–Crippen LogP) is 3.28. The predicted molar refractivity (Wildman–Crippen MR) is 149 cm³/mol. The number of hydrogen-bond acceptors (Lipinski definition) is 6. The number of halogens is 2. The summed E-state index contributed by atoms with van der Waals surface area (Å²) in [5.41, 5.74) is -0.215. The van der Waals surface area contributed by atoms with Crippen LogP contribution in [0.2, 0.25) is 0 Å². The van der Waals surface area contributed by atoms with E-state index in [1.807, 2.05) is 37.1 Å². The minimum absolute atomic E-state index is 0.0528. The van der Waals surface area contributed by atoms with Crippen LogP contribution in [0, 0.1) is 17.0 Å². The summed E-state index contributed by atoms with van der Waals surface area (Å²) in [7, 11) is 1.96. The van der Waals surface area contributed by atoms with E-state index >= 15 is 4.39 Å². The molecule has 5 heterocycles. The van der Waals surface area contributed by atoms with Gasteiger partial charge in [0.05, 0.1) is 5.44 Å². The topological polar surface area (TPSA) is 75.0 Å². The number of fused-ring (bicyclic) bond motifs is 4. The van der Waals surface area contributed by atoms with E-state index in [0.29, 0.717) is 31.7 Å². The SMILES string of the molecule is B[C@]1(N2[C@@H]3CC4(CCOCC4)CCN3C(=O)c3c(O)c(=O)ccn32)c2ccccc2SCc2c1ccc(F)c2F. The van der Waals surface area contributed by atoms with Crippen LogP contribution in [-0.4, -0.2) is 54.4 Å². The third-order valence-corrected chi connectivity index (χ3v) is 10.5. The summed E-state index contributed by atoms with van der Waals surface area (Å²) < 4.78 is 37.4. The molecule has 0 bridgehead atoms. The molecule has 0 aliphatic carbocycles. The van der Waals surface area contributed by atoms with Gasteiger partial charge in [-0.15, -0.1) is 11.8 Å². The van der Waals surface area contributed by atoms with E-state index in [2.05, 4.69) is 0 Å². The van der Waals surface area contributed by atoms with Crippen molar-refractivity contribution in [1.29, 1.82) is 0 Å². The number of nitrogens with zero attached hydrogens (tertiary/aromatic N) is 3. The molecule has 0 saturated carbocycles. The Morgan fingerprint density at radius 1 is 1.02 bits per heavy atom. The molecule has 2 atom stereocenters. The molecule has 2 fully saturated rings. The second kappa shape index (κ2) is 9.11. The van der Waals surface area contributed by atoms with Gasteiger partial charge in [-0.25, -0.2) is 8.78 Å². The lowest BCUT2D eigenvalue weighted by molar-refractivity contribution is -0.0441. The van der Waals surface area contributed by atoms with Gasteiger partial charge >= 0.3 is 0 Å². The summed E-state index contributed by atoms with van der Waals surface area (Å²) in [5.74, 6) is -2.60. The first-order valence-corrected chi connectivity index (χ1v) is 14.6. The Kier molecular flexibility index (Phi) is 5.84. The number of ether oxygens (including phenoxy) is 1. The second-order valence-electron chi connectivity index (χ2n) is 11.4. The standard InChI is InChI=1S/C29H28BF2N3O4S/c30-29(18-5-6-20(31)24(32)17(18)16-40-22-4-2-1-3-19(22)29)35-23-15-28(9-13-39-14-10-28)8-12-33(23)27(38)25-26(37)21(36)7-11-34(25)35/h1-7,11,23,37H,8-10,12-16,30H2/t23-,29-/m1/s1. The molecule has 0 radical (unpaired) electrons. The highest BCUT2D eigenvalue weighted by Crippen LogP contribution is 2.51. The Bertz CT molecular complexity index is 1610. The molecule has 40 heavy (non-hydrogen) atoms. The fraction of sp³-hybridized carbons (Fsp3) is 0.379. The largest absolute Gasteiger partial charge is 0.502 e. The molecule has 1 N–H and O–H groups in total. The third kappa shape index (κ3) is 3.53. The summed E-state index contributed by atoms with van der Waals surface area (Å²) in [4.78, 5) is 29.1. The van der Waals surface area contributed by atoms with Gasteiger partial charge in [0, 0.05) is 48.2 Å². The molecule has 0 unspecified atom stereocenters. The Morgan fingerprint density at radius 2 is 1.80 bits per heavy atom. The van der Waals surface area contributed by atoms with Crippen LogP contribution in [0.5, 0.6) is 5.75 Å². The Morgan fingerprint density at radius 3 is 2.60 bits per heavy atom. The van der Waals surface area contributed by atoms with Crippen LogP contribution < -0.4 is 10.4 Å². The number of carbonyl (C=O) groups is 1. The first-order valence-electron chi connectivity index (χ1n) is 13.6. The summed E-state index contributed by atoms with van der Waals surface area (Å²) >= 11 is 1.44. The van der Waals surface area contributed by atoms with Gasteiger partial charge in [-0.2, -0.15) is 0 Å². The third-order valence-electron chi connectivity index (χ3n) is 9.41. The molecule has 11 heteroatoms. The number of aromatic hydroxyl groups is 1. The van der Waals surface area contributed by atoms with E-state index in [1.54, 1.807) is 15.6 Å². The maximum Gasteiger partial charge on any atom is 0.278 e. The van der Waals surface area contributed by atoms with Gasteiger partial charge in [0.2, 0.25) is 5.43 Å².